The Morgan fingerprint density at radius 1 is 1.16 bits per heavy atom. The predicted octanol–water partition coefficient (Wildman–Crippen LogP) is 3.55. The number of hydrogen-bond acceptors (Lipinski definition) is 2. The number of fused-ring (bicyclic) bond motifs is 1. The van der Waals surface area contributed by atoms with Crippen LogP contribution in [0.1, 0.15) is 34.0 Å². The number of ketones is 1. The third kappa shape index (κ3) is 2.26. The minimum atomic E-state index is 0.0750. The Bertz CT molecular complexity index is 643. The molecule has 19 heavy (non-hydrogen) atoms. The van der Waals surface area contributed by atoms with Crippen molar-refractivity contribution in [1.82, 2.24) is 0 Å². The summed E-state index contributed by atoms with van der Waals surface area (Å²) >= 11 is 0. The smallest absolute Gasteiger partial charge is 0.193 e. The van der Waals surface area contributed by atoms with E-state index in [9.17, 15) is 4.79 Å². The van der Waals surface area contributed by atoms with Crippen molar-refractivity contribution in [3.05, 3.63) is 64.7 Å². The van der Waals surface area contributed by atoms with Gasteiger partial charge in [-0.15, -0.1) is 0 Å². The summed E-state index contributed by atoms with van der Waals surface area (Å²) in [4.78, 5) is 12.4. The first-order valence-electron chi connectivity index (χ1n) is 6.54. The lowest BCUT2D eigenvalue weighted by Crippen LogP contribution is -2.05. The first kappa shape index (κ1) is 12.0. The maximum absolute atomic E-state index is 12.4. The van der Waals surface area contributed by atoms with Gasteiger partial charge in [0.05, 0.1) is 0 Å². The molecule has 0 saturated heterocycles. The molecule has 2 heteroatoms. The van der Waals surface area contributed by atoms with Crippen LogP contribution in [-0.4, -0.2) is 11.9 Å². The maximum Gasteiger partial charge on any atom is 0.193 e. The minimum absolute atomic E-state index is 0.0750. The molecule has 2 aromatic carbocycles. The van der Waals surface area contributed by atoms with Crippen molar-refractivity contribution in [3.8, 4) is 5.75 Å². The van der Waals surface area contributed by atoms with Crippen LogP contribution in [0, 0.1) is 6.92 Å². The van der Waals surface area contributed by atoms with Gasteiger partial charge in [0.25, 0.3) is 0 Å². The van der Waals surface area contributed by atoms with Crippen molar-refractivity contribution < 1.29 is 9.53 Å². The van der Waals surface area contributed by atoms with Gasteiger partial charge < -0.3 is 4.74 Å². The Morgan fingerprint density at radius 2 is 1.95 bits per heavy atom. The zero-order chi connectivity index (χ0) is 13.4. The molecule has 0 bridgehead atoms. The summed E-state index contributed by atoms with van der Waals surface area (Å²) in [6.07, 6.45) is 1.09. The number of hydrogen-bond donors (Lipinski definition) is 0. The largest absolute Gasteiger partial charge is 0.490 e. The highest BCUT2D eigenvalue weighted by Crippen LogP contribution is 2.30. The molecule has 0 amide bonds. The maximum atomic E-state index is 12.4. The average Bonchev–Trinajstić information content (AvgIpc) is 2.76. The lowest BCUT2D eigenvalue weighted by molar-refractivity contribution is 0.103. The van der Waals surface area contributed by atoms with Gasteiger partial charge in [0.15, 0.2) is 5.78 Å². The number of benzene rings is 2. The van der Waals surface area contributed by atoms with Gasteiger partial charge in [-0.1, -0.05) is 23.8 Å². The molecule has 0 saturated carbocycles. The van der Waals surface area contributed by atoms with E-state index < -0.39 is 0 Å². The number of ether oxygens (including phenoxy) is 1. The quantitative estimate of drug-likeness (QED) is 0.764. The molecule has 1 atom stereocenters. The molecule has 3 rings (SSSR count). The first-order valence-corrected chi connectivity index (χ1v) is 6.54. The van der Waals surface area contributed by atoms with Crippen molar-refractivity contribution in [2.45, 2.75) is 26.4 Å². The van der Waals surface area contributed by atoms with Crippen LogP contribution in [-0.2, 0) is 6.42 Å². The second kappa shape index (κ2) is 4.54. The van der Waals surface area contributed by atoms with Crippen LogP contribution in [0.5, 0.6) is 5.75 Å². The van der Waals surface area contributed by atoms with E-state index in [0.29, 0.717) is 0 Å². The Balaban J connectivity index is 1.95. The second-order valence-electron chi connectivity index (χ2n) is 5.15. The van der Waals surface area contributed by atoms with Gasteiger partial charge in [-0.05, 0) is 43.7 Å². The molecule has 1 heterocycles. The molecule has 96 valence electrons. The van der Waals surface area contributed by atoms with E-state index in [2.05, 4.69) is 0 Å². The van der Waals surface area contributed by atoms with Crippen molar-refractivity contribution in [1.29, 1.82) is 0 Å². The molecular formula is C17H16O2. The highest BCUT2D eigenvalue weighted by atomic mass is 16.5. The van der Waals surface area contributed by atoms with Gasteiger partial charge in [-0.25, -0.2) is 0 Å². The Hall–Kier alpha value is -2.09. The number of carbonyl (C=O) groups is 1. The molecule has 0 fully saturated rings. The molecule has 1 aliphatic heterocycles. The number of aryl methyl sites for hydroxylation is 1. The summed E-state index contributed by atoms with van der Waals surface area (Å²) in [5, 5.41) is 0. The van der Waals surface area contributed by atoms with E-state index in [-0.39, 0.29) is 11.9 Å². The highest BCUT2D eigenvalue weighted by Gasteiger charge is 2.20. The first-order chi connectivity index (χ1) is 9.13. The van der Waals surface area contributed by atoms with Crippen LogP contribution in [0.15, 0.2) is 42.5 Å². The van der Waals surface area contributed by atoms with Crippen LogP contribution in [0.3, 0.4) is 0 Å². The molecule has 0 spiro atoms. The number of rotatable bonds is 2. The van der Waals surface area contributed by atoms with Crippen LogP contribution in [0.25, 0.3) is 0 Å². The zero-order valence-electron chi connectivity index (χ0n) is 11.1. The van der Waals surface area contributed by atoms with Gasteiger partial charge in [0.2, 0.25) is 0 Å². The van der Waals surface area contributed by atoms with E-state index in [1.54, 1.807) is 0 Å². The van der Waals surface area contributed by atoms with Crippen molar-refractivity contribution in [2.24, 2.45) is 0 Å². The lowest BCUT2D eigenvalue weighted by atomic mass is 9.99. The summed E-state index contributed by atoms with van der Waals surface area (Å²) in [6, 6.07) is 13.4. The van der Waals surface area contributed by atoms with Gasteiger partial charge in [-0.2, -0.15) is 0 Å². The van der Waals surface area contributed by atoms with E-state index in [1.165, 1.54) is 0 Å². The monoisotopic (exact) mass is 252 g/mol. The number of carbonyl (C=O) groups excluding carboxylic acids is 1. The molecular weight excluding hydrogens is 236 g/mol. The fourth-order valence-corrected chi connectivity index (χ4v) is 2.52. The fourth-order valence-electron chi connectivity index (χ4n) is 2.52. The van der Waals surface area contributed by atoms with Gasteiger partial charge in [0.1, 0.15) is 11.9 Å². The Morgan fingerprint density at radius 3 is 2.74 bits per heavy atom. The molecule has 1 aliphatic rings. The van der Waals surface area contributed by atoms with E-state index in [0.717, 1.165) is 34.4 Å². The Labute approximate surface area is 113 Å². The van der Waals surface area contributed by atoms with E-state index in [4.69, 9.17) is 4.74 Å². The summed E-state index contributed by atoms with van der Waals surface area (Å²) in [5.41, 5.74) is 3.71. The molecule has 0 radical (unpaired) electrons. The standard InChI is InChI=1S/C17H16O2/c1-11-4-3-5-13(8-11)17(18)14-6-7-16-15(10-14)9-12(2)19-16/h3-8,10,12H,9H2,1-2H3. The molecule has 0 N–H and O–H groups in total. The molecule has 0 aliphatic carbocycles. The van der Waals surface area contributed by atoms with Gasteiger partial charge >= 0.3 is 0 Å². The van der Waals surface area contributed by atoms with Crippen LogP contribution < -0.4 is 4.74 Å². The summed E-state index contributed by atoms with van der Waals surface area (Å²) in [6.45, 7) is 4.04. The van der Waals surface area contributed by atoms with Crippen LogP contribution >= 0.6 is 0 Å². The summed E-state index contributed by atoms with van der Waals surface area (Å²) in [5.74, 6) is 0.986. The van der Waals surface area contributed by atoms with Crippen LogP contribution in [0.2, 0.25) is 0 Å². The third-order valence-electron chi connectivity index (χ3n) is 3.44. The molecule has 1 unspecified atom stereocenters. The Kier molecular flexibility index (Phi) is 2.86. The normalized spacial score (nSPS) is 16.8. The minimum Gasteiger partial charge on any atom is -0.490 e. The SMILES string of the molecule is Cc1cccc(C(=O)c2ccc3c(c2)CC(C)O3)c1. The van der Waals surface area contributed by atoms with Gasteiger partial charge in [-0.3, -0.25) is 4.79 Å². The lowest BCUT2D eigenvalue weighted by Gasteiger charge is -2.05. The second-order valence-corrected chi connectivity index (χ2v) is 5.15. The molecule has 2 nitrogen and oxygen atoms in total. The van der Waals surface area contributed by atoms with Crippen molar-refractivity contribution in [3.63, 3.8) is 0 Å². The summed E-state index contributed by atoms with van der Waals surface area (Å²) < 4.78 is 5.66. The van der Waals surface area contributed by atoms with Crippen molar-refractivity contribution in [2.75, 3.05) is 0 Å². The average molecular weight is 252 g/mol. The van der Waals surface area contributed by atoms with E-state index in [1.807, 2.05) is 56.3 Å². The van der Waals surface area contributed by atoms with Crippen LogP contribution in [0.4, 0.5) is 0 Å². The highest BCUT2D eigenvalue weighted by molar-refractivity contribution is 6.09. The predicted molar refractivity (Wildman–Crippen MR) is 74.8 cm³/mol. The molecule has 0 aromatic heterocycles. The fraction of sp³-hybridized carbons (Fsp3) is 0.235. The summed E-state index contributed by atoms with van der Waals surface area (Å²) in [7, 11) is 0. The topological polar surface area (TPSA) is 26.3 Å². The van der Waals surface area contributed by atoms with Crippen molar-refractivity contribution >= 4 is 5.78 Å². The van der Waals surface area contributed by atoms with E-state index >= 15 is 0 Å². The molecule has 2 aromatic rings. The third-order valence-corrected chi connectivity index (χ3v) is 3.44. The van der Waals surface area contributed by atoms with Gasteiger partial charge in [0, 0.05) is 17.5 Å². The zero-order valence-corrected chi connectivity index (χ0v) is 11.1.